The summed E-state index contributed by atoms with van der Waals surface area (Å²) in [7, 11) is 1.87. The summed E-state index contributed by atoms with van der Waals surface area (Å²) in [6.45, 7) is 6.09. The highest BCUT2D eigenvalue weighted by Crippen LogP contribution is 2.24. The minimum Gasteiger partial charge on any atom is -0.467 e. The van der Waals surface area contributed by atoms with Crippen LogP contribution < -0.4 is 10.6 Å². The molecule has 0 saturated carbocycles. The van der Waals surface area contributed by atoms with Gasteiger partial charge in [-0.3, -0.25) is 0 Å². The summed E-state index contributed by atoms with van der Waals surface area (Å²) in [4.78, 5) is 9.00. The van der Waals surface area contributed by atoms with Crippen molar-refractivity contribution in [3.05, 3.63) is 35.5 Å². The average molecular weight is 260 g/mol. The van der Waals surface area contributed by atoms with E-state index in [-0.39, 0.29) is 6.04 Å². The van der Waals surface area contributed by atoms with Crippen molar-refractivity contribution in [1.82, 2.24) is 9.97 Å². The number of rotatable bonds is 5. The Bertz CT molecular complexity index is 537. The summed E-state index contributed by atoms with van der Waals surface area (Å²) in [6, 6.07) is 3.91. The molecular weight excluding hydrogens is 240 g/mol. The zero-order valence-electron chi connectivity index (χ0n) is 11.8. The fraction of sp³-hybridized carbons (Fsp3) is 0.429. The fourth-order valence-corrected chi connectivity index (χ4v) is 1.92. The van der Waals surface area contributed by atoms with Crippen molar-refractivity contribution in [1.29, 1.82) is 0 Å². The number of aromatic nitrogens is 2. The summed E-state index contributed by atoms with van der Waals surface area (Å²) >= 11 is 0. The lowest BCUT2D eigenvalue weighted by atomic mass is 10.2. The number of anilines is 2. The van der Waals surface area contributed by atoms with Crippen LogP contribution in [0.15, 0.2) is 22.8 Å². The van der Waals surface area contributed by atoms with E-state index in [0.717, 1.165) is 35.2 Å². The van der Waals surface area contributed by atoms with Crippen molar-refractivity contribution >= 4 is 11.6 Å². The van der Waals surface area contributed by atoms with E-state index in [1.54, 1.807) is 6.26 Å². The lowest BCUT2D eigenvalue weighted by Gasteiger charge is -2.16. The van der Waals surface area contributed by atoms with E-state index in [9.17, 15) is 0 Å². The first-order valence-electron chi connectivity index (χ1n) is 6.50. The van der Waals surface area contributed by atoms with Crippen LogP contribution in [0.5, 0.6) is 0 Å². The molecule has 5 heteroatoms. The van der Waals surface area contributed by atoms with Crippen LogP contribution in [-0.4, -0.2) is 17.0 Å². The molecule has 0 amide bonds. The molecule has 0 saturated heterocycles. The Morgan fingerprint density at radius 1 is 1.32 bits per heavy atom. The lowest BCUT2D eigenvalue weighted by Crippen LogP contribution is -2.12. The van der Waals surface area contributed by atoms with Gasteiger partial charge < -0.3 is 15.1 Å². The number of hydrogen-bond donors (Lipinski definition) is 2. The average Bonchev–Trinajstić information content (AvgIpc) is 2.95. The fourth-order valence-electron chi connectivity index (χ4n) is 1.92. The molecule has 5 nitrogen and oxygen atoms in total. The first-order chi connectivity index (χ1) is 9.15. The number of hydrogen-bond acceptors (Lipinski definition) is 5. The number of furan rings is 1. The van der Waals surface area contributed by atoms with Gasteiger partial charge in [0.25, 0.3) is 0 Å². The zero-order chi connectivity index (χ0) is 13.8. The molecule has 102 valence electrons. The van der Waals surface area contributed by atoms with E-state index in [0.29, 0.717) is 0 Å². The maximum Gasteiger partial charge on any atom is 0.135 e. The second-order valence-corrected chi connectivity index (χ2v) is 4.45. The van der Waals surface area contributed by atoms with E-state index in [1.165, 1.54) is 0 Å². The molecule has 2 aromatic rings. The highest BCUT2D eigenvalue weighted by atomic mass is 16.3. The predicted molar refractivity (Wildman–Crippen MR) is 76.4 cm³/mol. The van der Waals surface area contributed by atoms with E-state index in [1.807, 2.05) is 40.0 Å². The smallest absolute Gasteiger partial charge is 0.135 e. The van der Waals surface area contributed by atoms with Crippen LogP contribution in [0.4, 0.5) is 11.6 Å². The van der Waals surface area contributed by atoms with Gasteiger partial charge in [-0.2, -0.15) is 0 Å². The Hall–Kier alpha value is -2.04. The Kier molecular flexibility index (Phi) is 4.04. The molecule has 0 aliphatic heterocycles. The van der Waals surface area contributed by atoms with E-state index >= 15 is 0 Å². The zero-order valence-corrected chi connectivity index (χ0v) is 11.8. The van der Waals surface area contributed by atoms with Crippen LogP contribution in [0.1, 0.15) is 37.0 Å². The SMILES string of the molecule is CCc1nc(NC)c(C)c(NC(C)c2ccco2)n1. The Morgan fingerprint density at radius 3 is 2.63 bits per heavy atom. The molecule has 0 aliphatic carbocycles. The summed E-state index contributed by atoms with van der Waals surface area (Å²) in [5.74, 6) is 3.42. The molecule has 2 aromatic heterocycles. The van der Waals surface area contributed by atoms with Crippen LogP contribution in [0.25, 0.3) is 0 Å². The van der Waals surface area contributed by atoms with E-state index in [2.05, 4.69) is 20.6 Å². The molecule has 2 rings (SSSR count). The maximum absolute atomic E-state index is 5.40. The van der Waals surface area contributed by atoms with Crippen LogP contribution in [0, 0.1) is 6.92 Å². The van der Waals surface area contributed by atoms with Crippen LogP contribution >= 0.6 is 0 Å². The van der Waals surface area contributed by atoms with Crippen molar-refractivity contribution in [2.75, 3.05) is 17.7 Å². The molecule has 0 spiro atoms. The highest BCUT2D eigenvalue weighted by molar-refractivity contribution is 5.57. The van der Waals surface area contributed by atoms with Crippen LogP contribution in [0.3, 0.4) is 0 Å². The van der Waals surface area contributed by atoms with Crippen LogP contribution in [0.2, 0.25) is 0 Å². The monoisotopic (exact) mass is 260 g/mol. The van der Waals surface area contributed by atoms with E-state index < -0.39 is 0 Å². The van der Waals surface area contributed by atoms with Crippen molar-refractivity contribution in [2.24, 2.45) is 0 Å². The van der Waals surface area contributed by atoms with Crippen molar-refractivity contribution in [3.63, 3.8) is 0 Å². The molecule has 2 N–H and O–H groups in total. The molecule has 2 heterocycles. The van der Waals surface area contributed by atoms with E-state index in [4.69, 9.17) is 4.42 Å². The van der Waals surface area contributed by atoms with Gasteiger partial charge in [0, 0.05) is 19.0 Å². The number of nitrogens with zero attached hydrogens (tertiary/aromatic N) is 2. The molecule has 0 fully saturated rings. The van der Waals surface area contributed by atoms with Crippen molar-refractivity contribution < 1.29 is 4.42 Å². The van der Waals surface area contributed by atoms with Crippen molar-refractivity contribution in [2.45, 2.75) is 33.2 Å². The van der Waals surface area contributed by atoms with Gasteiger partial charge in [0.15, 0.2) is 0 Å². The molecular formula is C14H20N4O. The quantitative estimate of drug-likeness (QED) is 0.864. The van der Waals surface area contributed by atoms with Gasteiger partial charge in [0.05, 0.1) is 12.3 Å². The van der Waals surface area contributed by atoms with Gasteiger partial charge in [0.1, 0.15) is 23.2 Å². The third kappa shape index (κ3) is 2.86. The highest BCUT2D eigenvalue weighted by Gasteiger charge is 2.14. The number of nitrogens with one attached hydrogen (secondary N) is 2. The Morgan fingerprint density at radius 2 is 2.05 bits per heavy atom. The molecule has 1 unspecified atom stereocenters. The molecule has 1 atom stereocenters. The molecule has 0 aromatic carbocycles. The minimum absolute atomic E-state index is 0.0676. The molecule has 0 radical (unpaired) electrons. The minimum atomic E-state index is 0.0676. The third-order valence-electron chi connectivity index (χ3n) is 3.07. The summed E-state index contributed by atoms with van der Waals surface area (Å²) in [6.07, 6.45) is 2.48. The maximum atomic E-state index is 5.40. The predicted octanol–water partition coefficient (Wildman–Crippen LogP) is 3.16. The molecule has 0 bridgehead atoms. The largest absolute Gasteiger partial charge is 0.467 e. The number of aryl methyl sites for hydroxylation is 1. The topological polar surface area (TPSA) is 63.0 Å². The summed E-state index contributed by atoms with van der Waals surface area (Å²) in [5, 5.41) is 6.48. The summed E-state index contributed by atoms with van der Waals surface area (Å²) < 4.78 is 5.40. The molecule has 0 aliphatic rings. The van der Waals surface area contributed by atoms with Crippen molar-refractivity contribution in [3.8, 4) is 0 Å². The standard InChI is InChI=1S/C14H20N4O/c1-5-12-17-13(15-4)9(2)14(18-12)16-10(3)11-7-6-8-19-11/h6-8,10H,5H2,1-4H3,(H2,15,16,17,18). The summed E-state index contributed by atoms with van der Waals surface area (Å²) in [5.41, 5.74) is 1.01. The second kappa shape index (κ2) is 5.73. The van der Waals surface area contributed by atoms with Gasteiger partial charge >= 0.3 is 0 Å². The van der Waals surface area contributed by atoms with Gasteiger partial charge in [-0.25, -0.2) is 9.97 Å². The Balaban J connectivity index is 2.28. The molecule has 19 heavy (non-hydrogen) atoms. The lowest BCUT2D eigenvalue weighted by molar-refractivity contribution is 0.490. The normalized spacial score (nSPS) is 12.2. The van der Waals surface area contributed by atoms with Gasteiger partial charge in [-0.1, -0.05) is 6.92 Å². The second-order valence-electron chi connectivity index (χ2n) is 4.45. The third-order valence-corrected chi connectivity index (χ3v) is 3.07. The first-order valence-corrected chi connectivity index (χ1v) is 6.50. The first kappa shape index (κ1) is 13.4. The Labute approximate surface area is 113 Å². The van der Waals surface area contributed by atoms with Gasteiger partial charge in [0.2, 0.25) is 0 Å². The van der Waals surface area contributed by atoms with Gasteiger partial charge in [-0.15, -0.1) is 0 Å². The van der Waals surface area contributed by atoms with Crippen LogP contribution in [-0.2, 0) is 6.42 Å². The van der Waals surface area contributed by atoms with Gasteiger partial charge in [-0.05, 0) is 26.0 Å².